The van der Waals surface area contributed by atoms with Crippen molar-refractivity contribution < 1.29 is 4.52 Å². The maximum absolute atomic E-state index is 6.05. The summed E-state index contributed by atoms with van der Waals surface area (Å²) in [6, 6.07) is 4.91. The molecule has 3 aromatic rings. The predicted octanol–water partition coefficient (Wildman–Crippen LogP) is 3.08. The highest BCUT2D eigenvalue weighted by atomic mass is 35.5. The Morgan fingerprint density at radius 2 is 2.00 bits per heavy atom. The molecule has 0 amide bonds. The molecule has 0 saturated carbocycles. The predicted molar refractivity (Wildman–Crippen MR) is 75.2 cm³/mol. The second kappa shape index (κ2) is 5.07. The standard InChI is InChI=1S/C12H7Cl2N5O/c13-7-4-8(14)10(17-5-7)11-18-12(20-19-11)6-1-2-16-9(15)3-6/h1-5H,(H2,15,16). The molecule has 0 aliphatic heterocycles. The smallest absolute Gasteiger partial charge is 0.258 e. The minimum Gasteiger partial charge on any atom is -0.384 e. The van der Waals surface area contributed by atoms with Crippen LogP contribution < -0.4 is 5.73 Å². The third kappa shape index (κ3) is 2.43. The Kier molecular flexibility index (Phi) is 3.25. The maximum atomic E-state index is 6.05. The summed E-state index contributed by atoms with van der Waals surface area (Å²) in [6.07, 6.45) is 3.02. The molecule has 0 bridgehead atoms. The second-order valence-electron chi connectivity index (χ2n) is 3.88. The number of aromatic nitrogens is 4. The van der Waals surface area contributed by atoms with Crippen molar-refractivity contribution in [2.45, 2.75) is 0 Å². The highest BCUT2D eigenvalue weighted by molar-refractivity contribution is 6.35. The van der Waals surface area contributed by atoms with Gasteiger partial charge in [-0.2, -0.15) is 4.98 Å². The lowest BCUT2D eigenvalue weighted by Gasteiger charge is -1.97. The van der Waals surface area contributed by atoms with Gasteiger partial charge in [0.05, 0.1) is 10.0 Å². The molecule has 0 spiro atoms. The molecule has 2 N–H and O–H groups in total. The summed E-state index contributed by atoms with van der Waals surface area (Å²) in [4.78, 5) is 12.2. The van der Waals surface area contributed by atoms with Gasteiger partial charge in [0.25, 0.3) is 5.89 Å². The van der Waals surface area contributed by atoms with Gasteiger partial charge in [0.2, 0.25) is 5.82 Å². The quantitative estimate of drug-likeness (QED) is 0.782. The number of pyridine rings is 2. The Hall–Kier alpha value is -2.18. The van der Waals surface area contributed by atoms with Crippen LogP contribution in [0.1, 0.15) is 0 Å². The van der Waals surface area contributed by atoms with Crippen molar-refractivity contribution in [1.82, 2.24) is 20.1 Å². The monoisotopic (exact) mass is 307 g/mol. The van der Waals surface area contributed by atoms with Crippen LogP contribution in [0.3, 0.4) is 0 Å². The van der Waals surface area contributed by atoms with Gasteiger partial charge in [-0.1, -0.05) is 28.4 Å². The molecule has 0 saturated heterocycles. The zero-order chi connectivity index (χ0) is 14.1. The zero-order valence-corrected chi connectivity index (χ0v) is 11.4. The van der Waals surface area contributed by atoms with Crippen LogP contribution in [0.15, 0.2) is 35.1 Å². The number of halogens is 2. The molecule has 0 unspecified atom stereocenters. The lowest BCUT2D eigenvalue weighted by Crippen LogP contribution is -1.90. The van der Waals surface area contributed by atoms with Gasteiger partial charge in [-0.25, -0.2) is 9.97 Å². The fourth-order valence-corrected chi connectivity index (χ4v) is 2.06. The van der Waals surface area contributed by atoms with Crippen LogP contribution in [-0.4, -0.2) is 20.1 Å². The van der Waals surface area contributed by atoms with Gasteiger partial charge < -0.3 is 10.3 Å². The number of hydrogen-bond acceptors (Lipinski definition) is 6. The van der Waals surface area contributed by atoms with E-state index in [1.807, 2.05) is 0 Å². The van der Waals surface area contributed by atoms with Crippen LogP contribution >= 0.6 is 23.2 Å². The molecule has 0 aliphatic rings. The van der Waals surface area contributed by atoms with E-state index in [1.165, 1.54) is 6.20 Å². The van der Waals surface area contributed by atoms with Gasteiger partial charge in [0, 0.05) is 18.0 Å². The van der Waals surface area contributed by atoms with Crippen LogP contribution in [0.2, 0.25) is 10.0 Å². The molecule has 0 aliphatic carbocycles. The normalized spacial score (nSPS) is 10.7. The minimum atomic E-state index is 0.275. The van der Waals surface area contributed by atoms with Gasteiger partial charge >= 0.3 is 0 Å². The van der Waals surface area contributed by atoms with Crippen LogP contribution in [0.4, 0.5) is 5.82 Å². The van der Waals surface area contributed by atoms with Gasteiger partial charge in [-0.3, -0.25) is 0 Å². The lowest BCUT2D eigenvalue weighted by molar-refractivity contribution is 0.432. The SMILES string of the molecule is Nc1cc(-c2nc(-c3ncc(Cl)cc3Cl)no2)ccn1. The molecule has 8 heteroatoms. The number of hydrogen-bond donors (Lipinski definition) is 1. The van der Waals surface area contributed by atoms with Crippen molar-refractivity contribution >= 4 is 29.0 Å². The molecule has 0 atom stereocenters. The van der Waals surface area contributed by atoms with Gasteiger partial charge in [-0.15, -0.1) is 0 Å². The zero-order valence-electron chi connectivity index (χ0n) is 9.92. The first-order valence-corrected chi connectivity index (χ1v) is 6.26. The van der Waals surface area contributed by atoms with E-state index in [-0.39, 0.29) is 5.82 Å². The molecular formula is C12H7Cl2N5O. The fraction of sp³-hybridized carbons (Fsp3) is 0. The number of nitrogens with zero attached hydrogens (tertiary/aromatic N) is 4. The molecule has 0 radical (unpaired) electrons. The Labute approximate surface area is 123 Å². The number of anilines is 1. The van der Waals surface area contributed by atoms with Crippen LogP contribution in [0, 0.1) is 0 Å². The number of nitrogen functional groups attached to an aromatic ring is 1. The van der Waals surface area contributed by atoms with Crippen molar-refractivity contribution in [3.8, 4) is 23.0 Å². The molecule has 3 rings (SSSR count). The first kappa shape index (κ1) is 12.8. The van der Waals surface area contributed by atoms with Crippen LogP contribution in [-0.2, 0) is 0 Å². The highest BCUT2D eigenvalue weighted by Crippen LogP contribution is 2.27. The van der Waals surface area contributed by atoms with Gasteiger partial charge in [0.15, 0.2) is 0 Å². The number of nitrogens with two attached hydrogens (primary N) is 1. The first-order valence-electron chi connectivity index (χ1n) is 5.50. The third-order valence-corrected chi connectivity index (χ3v) is 2.97. The van der Waals surface area contributed by atoms with E-state index in [0.29, 0.717) is 33.0 Å². The average Bonchev–Trinajstić information content (AvgIpc) is 2.88. The second-order valence-corrected chi connectivity index (χ2v) is 4.72. The van der Waals surface area contributed by atoms with E-state index in [1.54, 1.807) is 24.4 Å². The molecule has 3 heterocycles. The van der Waals surface area contributed by atoms with E-state index in [0.717, 1.165) is 0 Å². The van der Waals surface area contributed by atoms with E-state index in [2.05, 4.69) is 20.1 Å². The molecule has 3 aromatic heterocycles. The lowest BCUT2D eigenvalue weighted by atomic mass is 10.2. The Bertz CT molecular complexity index is 774. The minimum absolute atomic E-state index is 0.275. The molecule has 0 fully saturated rings. The largest absolute Gasteiger partial charge is 0.384 e. The Morgan fingerprint density at radius 3 is 2.75 bits per heavy atom. The van der Waals surface area contributed by atoms with Crippen molar-refractivity contribution in [3.63, 3.8) is 0 Å². The number of rotatable bonds is 2. The molecular weight excluding hydrogens is 301 g/mol. The summed E-state index contributed by atoms with van der Waals surface area (Å²) in [6.45, 7) is 0. The summed E-state index contributed by atoms with van der Waals surface area (Å²) in [5.74, 6) is 0.948. The third-order valence-electron chi connectivity index (χ3n) is 2.47. The maximum Gasteiger partial charge on any atom is 0.258 e. The van der Waals surface area contributed by atoms with Gasteiger partial charge in [-0.05, 0) is 18.2 Å². The molecule has 20 heavy (non-hydrogen) atoms. The average molecular weight is 308 g/mol. The first-order chi connectivity index (χ1) is 9.63. The van der Waals surface area contributed by atoms with E-state index in [9.17, 15) is 0 Å². The van der Waals surface area contributed by atoms with Crippen molar-refractivity contribution in [2.75, 3.05) is 5.73 Å². The summed E-state index contributed by atoms with van der Waals surface area (Å²) in [5.41, 5.74) is 6.67. The Balaban J connectivity index is 2.02. The highest BCUT2D eigenvalue weighted by Gasteiger charge is 2.15. The van der Waals surface area contributed by atoms with Crippen molar-refractivity contribution in [3.05, 3.63) is 40.6 Å². The summed E-state index contributed by atoms with van der Waals surface area (Å²) in [5, 5.41) is 4.63. The van der Waals surface area contributed by atoms with E-state index < -0.39 is 0 Å². The molecule has 0 aromatic carbocycles. The van der Waals surface area contributed by atoms with E-state index in [4.69, 9.17) is 33.5 Å². The summed E-state index contributed by atoms with van der Waals surface area (Å²) in [7, 11) is 0. The summed E-state index contributed by atoms with van der Waals surface area (Å²) >= 11 is 11.8. The van der Waals surface area contributed by atoms with Crippen molar-refractivity contribution in [2.24, 2.45) is 0 Å². The molecule has 100 valence electrons. The Morgan fingerprint density at radius 1 is 1.15 bits per heavy atom. The summed E-state index contributed by atoms with van der Waals surface area (Å²) < 4.78 is 5.17. The van der Waals surface area contributed by atoms with Gasteiger partial charge in [0.1, 0.15) is 11.5 Å². The van der Waals surface area contributed by atoms with E-state index >= 15 is 0 Å². The topological polar surface area (TPSA) is 90.7 Å². The fourth-order valence-electron chi connectivity index (χ4n) is 1.60. The molecule has 6 nitrogen and oxygen atoms in total. The van der Waals surface area contributed by atoms with Crippen LogP contribution in [0.25, 0.3) is 23.0 Å². The van der Waals surface area contributed by atoms with Crippen molar-refractivity contribution in [1.29, 1.82) is 0 Å². The van der Waals surface area contributed by atoms with Crippen LogP contribution in [0.5, 0.6) is 0 Å².